The summed E-state index contributed by atoms with van der Waals surface area (Å²) in [7, 11) is 0. The van der Waals surface area contributed by atoms with Gasteiger partial charge in [0.1, 0.15) is 5.84 Å². The van der Waals surface area contributed by atoms with Gasteiger partial charge < -0.3 is 16.6 Å². The Labute approximate surface area is 202 Å². The van der Waals surface area contributed by atoms with Gasteiger partial charge in [0.15, 0.2) is 5.54 Å². The molecule has 4 rings (SSSR count). The van der Waals surface area contributed by atoms with Crippen molar-refractivity contribution in [3.8, 4) is 0 Å². The summed E-state index contributed by atoms with van der Waals surface area (Å²) in [5.41, 5.74) is 10.4. The van der Waals surface area contributed by atoms with Crippen LogP contribution in [-0.2, 0) is 31.3 Å². The summed E-state index contributed by atoms with van der Waals surface area (Å²) in [6.07, 6.45) is -0.138. The minimum atomic E-state index is -1.91. The van der Waals surface area contributed by atoms with Crippen molar-refractivity contribution in [2.75, 3.05) is 6.54 Å². The lowest BCUT2D eigenvalue weighted by Gasteiger charge is -2.40. The third kappa shape index (κ3) is 3.75. The molecule has 182 valence electrons. The molecule has 0 spiro atoms. The highest BCUT2D eigenvalue weighted by atomic mass is 16.4. The van der Waals surface area contributed by atoms with Crippen LogP contribution >= 0.6 is 0 Å². The van der Waals surface area contributed by atoms with E-state index in [0.29, 0.717) is 5.56 Å². The normalized spacial score (nSPS) is 26.1. The van der Waals surface area contributed by atoms with Crippen LogP contribution in [0.3, 0.4) is 0 Å². The second kappa shape index (κ2) is 8.95. The maximum Gasteiger partial charge on any atom is 0.329 e. The highest BCUT2D eigenvalue weighted by Crippen LogP contribution is 2.54. The fourth-order valence-corrected chi connectivity index (χ4v) is 5.53. The van der Waals surface area contributed by atoms with Crippen molar-refractivity contribution in [2.24, 2.45) is 23.3 Å². The molecule has 4 atom stereocenters. The zero-order valence-corrected chi connectivity index (χ0v) is 19.2. The number of rotatable bonds is 8. The van der Waals surface area contributed by atoms with Crippen molar-refractivity contribution in [1.82, 2.24) is 9.80 Å². The van der Waals surface area contributed by atoms with Crippen LogP contribution in [0.15, 0.2) is 54.6 Å². The summed E-state index contributed by atoms with van der Waals surface area (Å²) < 4.78 is 0. The Balaban J connectivity index is 1.85. The number of carbonyl (C=O) groups excluding carboxylic acids is 3. The van der Waals surface area contributed by atoms with Crippen LogP contribution in [0.2, 0.25) is 0 Å². The van der Waals surface area contributed by atoms with Gasteiger partial charge in [-0.2, -0.15) is 0 Å². The number of hydrogen-bond acceptors (Lipinski definition) is 6. The molecule has 6 N–H and O–H groups in total. The lowest BCUT2D eigenvalue weighted by atomic mass is 9.75. The largest absolute Gasteiger partial charge is 0.480 e. The Morgan fingerprint density at radius 3 is 2.20 bits per heavy atom. The summed E-state index contributed by atoms with van der Waals surface area (Å²) in [5.74, 6) is -5.25. The quantitative estimate of drug-likeness (QED) is 0.245. The molecule has 2 aliphatic heterocycles. The van der Waals surface area contributed by atoms with Gasteiger partial charge >= 0.3 is 5.97 Å². The number of carboxylic acid groups (broad SMARTS) is 1. The van der Waals surface area contributed by atoms with E-state index < -0.39 is 47.1 Å². The molecule has 10 nitrogen and oxygen atoms in total. The Morgan fingerprint density at radius 1 is 1.03 bits per heavy atom. The van der Waals surface area contributed by atoms with E-state index in [1.807, 2.05) is 6.07 Å². The zero-order valence-electron chi connectivity index (χ0n) is 19.2. The van der Waals surface area contributed by atoms with Crippen LogP contribution in [0.5, 0.6) is 0 Å². The number of hydrogen-bond donors (Lipinski definition) is 4. The van der Waals surface area contributed by atoms with E-state index in [1.54, 1.807) is 31.2 Å². The van der Waals surface area contributed by atoms with Crippen LogP contribution in [0, 0.1) is 17.2 Å². The average Bonchev–Trinajstić information content (AvgIpc) is 3.23. The summed E-state index contributed by atoms with van der Waals surface area (Å²) in [6.45, 7) is 1.70. The van der Waals surface area contributed by atoms with Crippen LogP contribution in [-0.4, -0.2) is 57.0 Å². The minimum Gasteiger partial charge on any atom is -0.480 e. The highest BCUT2D eigenvalue weighted by Gasteiger charge is 2.71. The molecule has 10 heteroatoms. The lowest BCUT2D eigenvalue weighted by molar-refractivity contribution is -0.159. The Bertz CT molecular complexity index is 1200. The Hall–Kier alpha value is -4.05. The van der Waals surface area contributed by atoms with Crippen molar-refractivity contribution >= 4 is 29.5 Å². The van der Waals surface area contributed by atoms with E-state index in [-0.39, 0.29) is 30.9 Å². The van der Waals surface area contributed by atoms with Crippen LogP contribution in [0.25, 0.3) is 0 Å². The second-order valence-electron chi connectivity index (χ2n) is 8.96. The summed E-state index contributed by atoms with van der Waals surface area (Å²) in [6, 6.07) is 14.4. The molecular formula is C25H27N5O5. The number of likely N-dealkylation sites (tertiary alicyclic amines) is 2. The third-order valence-corrected chi connectivity index (χ3v) is 7.10. The maximum absolute atomic E-state index is 13.8. The number of nitrogens with two attached hydrogens (primary N) is 2. The number of imide groups is 1. The van der Waals surface area contributed by atoms with Crippen LogP contribution < -0.4 is 11.5 Å². The number of aliphatic carboxylic acids is 1. The van der Waals surface area contributed by atoms with Crippen molar-refractivity contribution in [3.05, 3.63) is 71.3 Å². The van der Waals surface area contributed by atoms with Crippen LogP contribution in [0.4, 0.5) is 0 Å². The van der Waals surface area contributed by atoms with Gasteiger partial charge in [-0.1, -0.05) is 54.6 Å². The SMILES string of the molecule is CC1C2C(=O)N(Cc3ccccc3)C(=O)C2C(C(=O)O)(c2ccc(C(=N)N)cc2)N1CCC(N)=O. The summed E-state index contributed by atoms with van der Waals surface area (Å²) in [5, 5.41) is 18.3. The molecule has 35 heavy (non-hydrogen) atoms. The smallest absolute Gasteiger partial charge is 0.329 e. The van der Waals surface area contributed by atoms with Gasteiger partial charge in [-0.3, -0.25) is 29.6 Å². The molecule has 2 aromatic carbocycles. The van der Waals surface area contributed by atoms with Crippen molar-refractivity contribution in [2.45, 2.75) is 31.5 Å². The number of nitrogen functional groups attached to an aromatic ring is 1. The molecule has 4 unspecified atom stereocenters. The topological polar surface area (TPSA) is 171 Å². The van der Waals surface area contributed by atoms with Gasteiger partial charge in [0.05, 0.1) is 18.4 Å². The summed E-state index contributed by atoms with van der Waals surface area (Å²) >= 11 is 0. The number of amidine groups is 1. The molecule has 2 aliphatic rings. The van der Waals surface area contributed by atoms with Crippen molar-refractivity contribution in [1.29, 1.82) is 5.41 Å². The van der Waals surface area contributed by atoms with E-state index in [4.69, 9.17) is 16.9 Å². The minimum absolute atomic E-state index is 0.0382. The number of carboxylic acids is 1. The first-order valence-electron chi connectivity index (χ1n) is 11.2. The van der Waals surface area contributed by atoms with Crippen LogP contribution in [0.1, 0.15) is 30.0 Å². The first kappa shape index (κ1) is 24.1. The Morgan fingerprint density at radius 2 is 1.66 bits per heavy atom. The Kier molecular flexibility index (Phi) is 6.16. The monoisotopic (exact) mass is 477 g/mol. The number of benzene rings is 2. The molecule has 3 amide bonds. The molecule has 0 saturated carbocycles. The van der Waals surface area contributed by atoms with Gasteiger partial charge in [-0.05, 0) is 18.1 Å². The average molecular weight is 478 g/mol. The molecule has 2 saturated heterocycles. The number of carbonyl (C=O) groups is 4. The van der Waals surface area contributed by atoms with E-state index in [9.17, 15) is 24.3 Å². The fourth-order valence-electron chi connectivity index (χ4n) is 5.53. The van der Waals surface area contributed by atoms with E-state index >= 15 is 0 Å². The van der Waals surface area contributed by atoms with Crippen molar-refractivity contribution in [3.63, 3.8) is 0 Å². The second-order valence-corrected chi connectivity index (χ2v) is 8.96. The molecule has 0 aromatic heterocycles. The molecule has 2 aromatic rings. The number of primary amides is 1. The molecule has 0 radical (unpaired) electrons. The predicted molar refractivity (Wildman–Crippen MR) is 126 cm³/mol. The third-order valence-electron chi connectivity index (χ3n) is 7.10. The zero-order chi connectivity index (χ0) is 25.5. The van der Waals surface area contributed by atoms with E-state index in [1.165, 1.54) is 29.2 Å². The molecular weight excluding hydrogens is 450 g/mol. The van der Waals surface area contributed by atoms with Gasteiger partial charge in [0.25, 0.3) is 0 Å². The molecule has 0 aliphatic carbocycles. The highest BCUT2D eigenvalue weighted by molar-refractivity contribution is 6.09. The van der Waals surface area contributed by atoms with Gasteiger partial charge in [0.2, 0.25) is 17.7 Å². The fraction of sp³-hybridized carbons (Fsp3) is 0.320. The van der Waals surface area contributed by atoms with E-state index in [2.05, 4.69) is 0 Å². The predicted octanol–water partition coefficient (Wildman–Crippen LogP) is 0.631. The maximum atomic E-state index is 13.8. The van der Waals surface area contributed by atoms with Crippen molar-refractivity contribution < 1.29 is 24.3 Å². The van der Waals surface area contributed by atoms with E-state index in [0.717, 1.165) is 10.5 Å². The standard InChI is InChI=1S/C25H27N5O5/c1-14-19-20(23(33)29(22(19)32)13-15-5-3-2-4-6-15)25(24(34)35,30(14)12-11-18(26)31)17-9-7-16(8-10-17)21(27)28/h2-10,14,19-20H,11-13H2,1H3,(H2,26,31)(H3,27,28)(H,34,35). The summed E-state index contributed by atoms with van der Waals surface area (Å²) in [4.78, 5) is 54.7. The first-order chi connectivity index (χ1) is 16.6. The number of amides is 3. The van der Waals surface area contributed by atoms with Gasteiger partial charge in [0, 0.05) is 24.6 Å². The number of nitrogens with one attached hydrogen (secondary N) is 1. The van der Waals surface area contributed by atoms with Gasteiger partial charge in [-0.15, -0.1) is 0 Å². The van der Waals surface area contributed by atoms with Gasteiger partial charge in [-0.25, -0.2) is 4.79 Å². The lowest BCUT2D eigenvalue weighted by Crippen LogP contribution is -2.56. The molecule has 0 bridgehead atoms. The molecule has 2 fully saturated rings. The number of fused-ring (bicyclic) bond motifs is 1. The number of nitrogens with zero attached hydrogens (tertiary/aromatic N) is 2. The first-order valence-corrected chi connectivity index (χ1v) is 11.2. The molecule has 2 heterocycles.